The average molecular weight is 570 g/mol. The summed E-state index contributed by atoms with van der Waals surface area (Å²) in [6.45, 7) is 15.3. The Labute approximate surface area is 238 Å². The fraction of sp³-hybridized carbons (Fsp3) is 0.517. The van der Waals surface area contributed by atoms with Crippen LogP contribution < -0.4 is 14.5 Å². The van der Waals surface area contributed by atoms with Gasteiger partial charge in [0.25, 0.3) is 0 Å². The molecule has 3 aliphatic heterocycles. The predicted octanol–water partition coefficient (Wildman–Crippen LogP) is 3.51. The van der Waals surface area contributed by atoms with E-state index in [4.69, 9.17) is 21.3 Å². The zero-order valence-electron chi connectivity index (χ0n) is 23.1. The van der Waals surface area contributed by atoms with Gasteiger partial charge in [0.2, 0.25) is 12.5 Å². The number of hydrogen-bond donors (Lipinski definition) is 0. The summed E-state index contributed by atoms with van der Waals surface area (Å²) in [6.07, 6.45) is -1.76. The molecule has 0 saturated carbocycles. The molecule has 0 radical (unpaired) electrons. The number of para-hydroxylation sites is 1. The Kier molecular flexibility index (Phi) is 8.35. The molecule has 41 heavy (non-hydrogen) atoms. The summed E-state index contributed by atoms with van der Waals surface area (Å²) < 4.78 is 47.6. The van der Waals surface area contributed by atoms with Crippen molar-refractivity contribution < 1.29 is 22.7 Å². The lowest BCUT2D eigenvalue weighted by atomic mass is 10.0. The van der Waals surface area contributed by atoms with Gasteiger partial charge in [0, 0.05) is 49.9 Å². The van der Waals surface area contributed by atoms with Crippen LogP contribution in [0.2, 0.25) is 0 Å². The van der Waals surface area contributed by atoms with E-state index < -0.39 is 11.7 Å². The molecule has 0 aliphatic carbocycles. The van der Waals surface area contributed by atoms with Crippen molar-refractivity contribution in [2.75, 3.05) is 69.3 Å². The quantitative estimate of drug-likeness (QED) is 0.374. The molecule has 4 heterocycles. The van der Waals surface area contributed by atoms with E-state index in [1.54, 1.807) is 15.9 Å². The Balaban J connectivity index is 1.46. The lowest BCUT2D eigenvalue weighted by Gasteiger charge is -2.41. The Morgan fingerprint density at radius 3 is 2.68 bits per heavy atom. The van der Waals surface area contributed by atoms with Crippen molar-refractivity contribution in [1.82, 2.24) is 19.8 Å². The lowest BCUT2D eigenvalue weighted by molar-refractivity contribution is -0.137. The number of rotatable bonds is 7. The summed E-state index contributed by atoms with van der Waals surface area (Å²) in [7, 11) is 2.07. The van der Waals surface area contributed by atoms with E-state index in [-0.39, 0.29) is 36.7 Å². The Hall–Kier alpha value is -3.85. The molecule has 2 aromatic rings. The van der Waals surface area contributed by atoms with Crippen molar-refractivity contribution in [2.24, 2.45) is 5.92 Å². The molecule has 218 valence electrons. The van der Waals surface area contributed by atoms with Gasteiger partial charge in [0.1, 0.15) is 11.9 Å². The van der Waals surface area contributed by atoms with Gasteiger partial charge in [0.15, 0.2) is 0 Å². The Morgan fingerprint density at radius 2 is 1.98 bits per heavy atom. The first kappa shape index (κ1) is 28.7. The monoisotopic (exact) mass is 569 g/mol. The molecule has 2 saturated heterocycles. The van der Waals surface area contributed by atoms with Gasteiger partial charge in [-0.05, 0) is 44.6 Å². The Bertz CT molecular complexity index is 1330. The number of carbonyl (C=O) groups excluding carboxylic acids is 1. The molecule has 0 spiro atoms. The first-order valence-electron chi connectivity index (χ1n) is 13.8. The van der Waals surface area contributed by atoms with Crippen LogP contribution in [0.15, 0.2) is 36.9 Å². The molecule has 5 rings (SSSR count). The molecule has 2 fully saturated rings. The number of benzene rings is 1. The van der Waals surface area contributed by atoms with Gasteiger partial charge in [-0.15, -0.1) is 0 Å². The summed E-state index contributed by atoms with van der Waals surface area (Å²) in [6, 6.07) is 5.47. The van der Waals surface area contributed by atoms with Crippen LogP contribution in [0.3, 0.4) is 0 Å². The van der Waals surface area contributed by atoms with E-state index in [0.29, 0.717) is 56.6 Å². The zero-order valence-corrected chi connectivity index (χ0v) is 23.1. The van der Waals surface area contributed by atoms with Gasteiger partial charge < -0.3 is 29.2 Å². The normalized spacial score (nSPS) is 21.4. The van der Waals surface area contributed by atoms with Gasteiger partial charge in [-0.3, -0.25) is 4.79 Å². The third kappa shape index (κ3) is 6.25. The minimum Gasteiger partial charge on any atom is -0.463 e. The molecule has 9 nitrogen and oxygen atoms in total. The highest BCUT2D eigenvalue weighted by atomic mass is 19.4. The van der Waals surface area contributed by atoms with Crippen LogP contribution in [0.25, 0.3) is 4.85 Å². The van der Waals surface area contributed by atoms with Crippen LogP contribution in [-0.4, -0.2) is 91.2 Å². The first-order chi connectivity index (χ1) is 19.7. The SMILES string of the molecule is [C-]#[N+]CC1CN(c2nc(OC[C@H]3CCN(C)C3)nc3c2CCN(c2ccccc2C(F)(F)F)C3)CCN1C(=O)C=C. The number of ether oxygens (including phenoxy) is 1. The maximum Gasteiger partial charge on any atom is 0.418 e. The molecular formula is C29H34F3N7O2. The third-order valence-corrected chi connectivity index (χ3v) is 8.05. The molecular weight excluding hydrogens is 535 g/mol. The standard InChI is InChI=1S/C29H34F3N7O2/c1-4-26(40)39-14-13-38(17-21(39)15-33-2)27-22-10-12-37(25-8-6-5-7-23(25)29(30,31)32)18-24(22)34-28(35-27)41-19-20-9-11-36(3)16-20/h4-8,20-21H,1,9-19H2,3H3/t20-,21?/m0/s1. The van der Waals surface area contributed by atoms with Crippen molar-refractivity contribution in [3.8, 4) is 6.01 Å². The van der Waals surface area contributed by atoms with E-state index in [9.17, 15) is 18.0 Å². The van der Waals surface area contributed by atoms with Crippen LogP contribution in [0.1, 0.15) is 23.2 Å². The number of anilines is 2. The minimum atomic E-state index is -4.48. The van der Waals surface area contributed by atoms with Gasteiger partial charge >= 0.3 is 12.2 Å². The number of halogens is 3. The summed E-state index contributed by atoms with van der Waals surface area (Å²) in [5.74, 6) is 0.792. The highest BCUT2D eigenvalue weighted by molar-refractivity contribution is 5.87. The molecule has 0 bridgehead atoms. The third-order valence-electron chi connectivity index (χ3n) is 8.05. The molecule has 1 unspecified atom stereocenters. The number of hydrogen-bond acceptors (Lipinski definition) is 7. The van der Waals surface area contributed by atoms with Crippen molar-refractivity contribution in [3.63, 3.8) is 0 Å². The number of carbonyl (C=O) groups is 1. The summed E-state index contributed by atoms with van der Waals surface area (Å²) in [4.78, 5) is 33.2. The van der Waals surface area contributed by atoms with Crippen molar-refractivity contribution in [2.45, 2.75) is 31.6 Å². The predicted molar refractivity (Wildman–Crippen MR) is 149 cm³/mol. The van der Waals surface area contributed by atoms with E-state index in [1.165, 1.54) is 18.2 Å². The molecule has 1 aromatic heterocycles. The fourth-order valence-corrected chi connectivity index (χ4v) is 5.98. The number of likely N-dealkylation sites (tertiary alicyclic amines) is 1. The number of amides is 1. The van der Waals surface area contributed by atoms with Crippen molar-refractivity contribution >= 4 is 17.4 Å². The zero-order chi connectivity index (χ0) is 29.1. The van der Waals surface area contributed by atoms with Crippen LogP contribution >= 0.6 is 0 Å². The van der Waals surface area contributed by atoms with Gasteiger partial charge in [-0.1, -0.05) is 18.7 Å². The summed E-state index contributed by atoms with van der Waals surface area (Å²) in [5.41, 5.74) is 0.937. The number of aromatic nitrogens is 2. The van der Waals surface area contributed by atoms with Gasteiger partial charge in [-0.2, -0.15) is 23.1 Å². The first-order valence-corrected chi connectivity index (χ1v) is 13.8. The number of nitrogens with zero attached hydrogens (tertiary/aromatic N) is 7. The second-order valence-corrected chi connectivity index (χ2v) is 10.8. The second kappa shape index (κ2) is 11.9. The van der Waals surface area contributed by atoms with Gasteiger partial charge in [0.05, 0.1) is 24.4 Å². The van der Waals surface area contributed by atoms with E-state index in [1.807, 2.05) is 0 Å². The van der Waals surface area contributed by atoms with Crippen LogP contribution in [-0.2, 0) is 23.9 Å². The van der Waals surface area contributed by atoms with Crippen molar-refractivity contribution in [3.05, 3.63) is 65.2 Å². The average Bonchev–Trinajstić information content (AvgIpc) is 3.39. The summed E-state index contributed by atoms with van der Waals surface area (Å²) >= 11 is 0. The van der Waals surface area contributed by atoms with Crippen molar-refractivity contribution in [1.29, 1.82) is 0 Å². The molecule has 0 N–H and O–H groups in total. The van der Waals surface area contributed by atoms with Crippen LogP contribution in [0.5, 0.6) is 6.01 Å². The molecule has 1 amide bonds. The second-order valence-electron chi connectivity index (χ2n) is 10.8. The van der Waals surface area contributed by atoms with Crippen LogP contribution in [0, 0.1) is 12.5 Å². The van der Waals surface area contributed by atoms with Gasteiger partial charge in [-0.25, -0.2) is 6.57 Å². The Morgan fingerprint density at radius 1 is 1.17 bits per heavy atom. The highest BCUT2D eigenvalue weighted by Crippen LogP contribution is 2.39. The number of fused-ring (bicyclic) bond motifs is 1. The van der Waals surface area contributed by atoms with E-state index in [2.05, 4.69) is 28.3 Å². The highest BCUT2D eigenvalue weighted by Gasteiger charge is 2.37. The smallest absolute Gasteiger partial charge is 0.418 e. The largest absolute Gasteiger partial charge is 0.463 e. The lowest BCUT2D eigenvalue weighted by Crippen LogP contribution is -2.56. The van der Waals surface area contributed by atoms with Crippen LogP contribution in [0.4, 0.5) is 24.7 Å². The maximum atomic E-state index is 13.8. The topological polar surface area (TPSA) is 69.4 Å². The van der Waals surface area contributed by atoms with E-state index in [0.717, 1.165) is 31.1 Å². The maximum absolute atomic E-state index is 13.8. The number of piperazine rings is 1. The van der Waals surface area contributed by atoms with E-state index >= 15 is 0 Å². The molecule has 12 heteroatoms. The molecule has 3 aliphatic rings. The number of alkyl halides is 3. The summed E-state index contributed by atoms with van der Waals surface area (Å²) in [5, 5.41) is 0. The molecule has 2 atom stereocenters. The molecule has 1 aromatic carbocycles. The fourth-order valence-electron chi connectivity index (χ4n) is 5.98. The minimum absolute atomic E-state index is 0.121.